The summed E-state index contributed by atoms with van der Waals surface area (Å²) >= 11 is 0. The van der Waals surface area contributed by atoms with Crippen molar-refractivity contribution in [3.8, 4) is 11.1 Å². The molecule has 0 unspecified atom stereocenters. The molecule has 4 rings (SSSR count). The van der Waals surface area contributed by atoms with E-state index < -0.39 is 43.6 Å². The molecule has 0 atom stereocenters. The van der Waals surface area contributed by atoms with Crippen LogP contribution in [0, 0.1) is 20.8 Å². The smallest absolute Gasteiger partial charge is 0.449 e. The first-order valence-corrected chi connectivity index (χ1v) is 17.5. The van der Waals surface area contributed by atoms with Crippen LogP contribution >= 0.6 is 0 Å². The first-order valence-electron chi connectivity index (χ1n) is 14.4. The molecular weight excluding hydrogens is 656 g/mol. The van der Waals surface area contributed by atoms with Gasteiger partial charge in [-0.2, -0.15) is 25.9 Å². The van der Waals surface area contributed by atoms with E-state index in [4.69, 9.17) is 4.42 Å². The summed E-state index contributed by atoms with van der Waals surface area (Å²) in [6, 6.07) is 19.6. The van der Waals surface area contributed by atoms with Crippen LogP contribution in [-0.2, 0) is 50.7 Å². The lowest BCUT2D eigenvalue weighted by Crippen LogP contribution is -2.42. The molecule has 9 nitrogen and oxygen atoms in total. The van der Waals surface area contributed by atoms with Gasteiger partial charge >= 0.3 is 16.4 Å². The highest BCUT2D eigenvalue weighted by Gasteiger charge is 2.35. The summed E-state index contributed by atoms with van der Waals surface area (Å²) in [6.07, 6.45) is -4.58. The van der Waals surface area contributed by atoms with Gasteiger partial charge in [0.2, 0.25) is 11.7 Å². The number of furan rings is 1. The number of alkyl halides is 3. The van der Waals surface area contributed by atoms with Crippen molar-refractivity contribution in [3.63, 3.8) is 0 Å². The zero-order valence-electron chi connectivity index (χ0n) is 26.6. The van der Waals surface area contributed by atoms with Gasteiger partial charge in [-0.25, -0.2) is 13.1 Å². The van der Waals surface area contributed by atoms with Gasteiger partial charge in [0.15, 0.2) is 9.84 Å². The number of carbonyl (C=O) groups excluding carboxylic acids is 1. The topological polar surface area (TPSA) is 117 Å². The molecule has 1 amide bonds. The van der Waals surface area contributed by atoms with E-state index in [9.17, 15) is 34.8 Å². The summed E-state index contributed by atoms with van der Waals surface area (Å²) in [6.45, 7) is 6.99. The van der Waals surface area contributed by atoms with Crippen LogP contribution in [0.5, 0.6) is 0 Å². The molecule has 0 aliphatic heterocycles. The monoisotopic (exact) mass is 691 g/mol. The quantitative estimate of drug-likeness (QED) is 0.200. The van der Waals surface area contributed by atoms with Gasteiger partial charge in [-0.15, -0.1) is 0 Å². The molecule has 47 heavy (non-hydrogen) atoms. The second kappa shape index (κ2) is 14.0. The van der Waals surface area contributed by atoms with Gasteiger partial charge in [-0.1, -0.05) is 54.1 Å². The first kappa shape index (κ1) is 35.9. The minimum Gasteiger partial charge on any atom is -0.455 e. The lowest BCUT2D eigenvalue weighted by atomic mass is 9.99. The summed E-state index contributed by atoms with van der Waals surface area (Å²) in [5.74, 6) is -3.11. The molecule has 0 aliphatic rings. The molecule has 0 radical (unpaired) electrons. The number of nitrogens with one attached hydrogen (secondary N) is 1. The maximum Gasteiger partial charge on any atom is 0.449 e. The average molecular weight is 692 g/mol. The van der Waals surface area contributed by atoms with Crippen LogP contribution in [0.15, 0.2) is 82.1 Å². The van der Waals surface area contributed by atoms with E-state index in [1.807, 2.05) is 37.8 Å². The maximum absolute atomic E-state index is 13.2. The highest BCUT2D eigenvalue weighted by Crippen LogP contribution is 2.32. The van der Waals surface area contributed by atoms with Crippen molar-refractivity contribution in [1.82, 2.24) is 13.9 Å². The summed E-state index contributed by atoms with van der Waals surface area (Å²) < 4.78 is 96.9. The molecule has 4 aromatic rings. The Bertz CT molecular complexity index is 1950. The van der Waals surface area contributed by atoms with Gasteiger partial charge in [0.05, 0.1) is 11.4 Å². The van der Waals surface area contributed by atoms with E-state index >= 15 is 0 Å². The van der Waals surface area contributed by atoms with Crippen molar-refractivity contribution >= 4 is 26.0 Å². The minimum atomic E-state index is -4.58. The second-order valence-corrected chi connectivity index (χ2v) is 15.5. The van der Waals surface area contributed by atoms with Crippen LogP contribution < -0.4 is 4.72 Å². The van der Waals surface area contributed by atoms with E-state index in [1.165, 1.54) is 38.4 Å². The van der Waals surface area contributed by atoms with Crippen molar-refractivity contribution in [2.75, 3.05) is 19.8 Å². The van der Waals surface area contributed by atoms with Crippen LogP contribution in [0.2, 0.25) is 0 Å². The zero-order valence-corrected chi connectivity index (χ0v) is 28.2. The van der Waals surface area contributed by atoms with Crippen molar-refractivity contribution in [2.24, 2.45) is 0 Å². The van der Waals surface area contributed by atoms with Crippen LogP contribution in [0.3, 0.4) is 0 Å². The molecule has 252 valence electrons. The third kappa shape index (κ3) is 9.31. The normalized spacial score (nSPS) is 12.6. The molecule has 14 heteroatoms. The summed E-state index contributed by atoms with van der Waals surface area (Å²) in [5, 5.41) is 0. The van der Waals surface area contributed by atoms with Gasteiger partial charge in [0.25, 0.3) is 0 Å². The fourth-order valence-corrected chi connectivity index (χ4v) is 6.95. The predicted molar refractivity (Wildman–Crippen MR) is 172 cm³/mol. The van der Waals surface area contributed by atoms with Crippen LogP contribution in [0.4, 0.5) is 13.2 Å². The number of benzene rings is 3. The molecule has 1 aromatic heterocycles. The number of hydrogen-bond acceptors (Lipinski definition) is 7. The van der Waals surface area contributed by atoms with Crippen LogP contribution in [-0.4, -0.2) is 51.8 Å². The Kier molecular flexibility index (Phi) is 10.7. The average Bonchev–Trinajstić information content (AvgIpc) is 3.44. The number of nitrogens with zero attached hydrogens (tertiary/aromatic N) is 2. The second-order valence-electron chi connectivity index (χ2n) is 11.6. The molecule has 0 fully saturated rings. The Morgan fingerprint density at radius 3 is 2.02 bits per heavy atom. The van der Waals surface area contributed by atoms with E-state index in [0.29, 0.717) is 24.2 Å². The molecule has 1 heterocycles. The van der Waals surface area contributed by atoms with Crippen LogP contribution in [0.25, 0.3) is 11.1 Å². The van der Waals surface area contributed by atoms with Gasteiger partial charge in [0.1, 0.15) is 11.5 Å². The van der Waals surface area contributed by atoms with E-state index in [0.717, 1.165) is 38.2 Å². The third-order valence-corrected chi connectivity index (χ3v) is 10.5. The molecule has 0 spiro atoms. The zero-order chi connectivity index (χ0) is 34.7. The first-order chi connectivity index (χ1) is 21.8. The van der Waals surface area contributed by atoms with E-state index in [1.54, 1.807) is 22.9 Å². The van der Waals surface area contributed by atoms with Crippen molar-refractivity contribution in [1.29, 1.82) is 0 Å². The van der Waals surface area contributed by atoms with Crippen molar-refractivity contribution in [3.05, 3.63) is 112 Å². The molecule has 0 saturated heterocycles. The Morgan fingerprint density at radius 2 is 1.45 bits per heavy atom. The van der Waals surface area contributed by atoms with E-state index in [-0.39, 0.29) is 17.2 Å². The summed E-state index contributed by atoms with van der Waals surface area (Å²) in [7, 11) is -5.91. The van der Waals surface area contributed by atoms with Gasteiger partial charge in [-0.05, 0) is 78.4 Å². The fraction of sp³-hybridized carbons (Fsp3) is 0.303. The van der Waals surface area contributed by atoms with Crippen molar-refractivity contribution < 1.29 is 39.2 Å². The standard InChI is InChI=1S/C33H36F3N3O6S2/c1-22-15-23(2)30(24(3)16-22)20-39(19-28-13-14-31(45-28)33(34,35)36)18-25-9-11-26(12-10-25)27-7-6-8-29(17-27)46(41,42)21-32(40)37-47(43,44)38(4)5/h6-17H,18-21H2,1-5H3,(H,37,40). The highest BCUT2D eigenvalue weighted by molar-refractivity contribution is 7.92. The molecule has 3 aromatic carbocycles. The highest BCUT2D eigenvalue weighted by atomic mass is 32.2. The van der Waals surface area contributed by atoms with Crippen LogP contribution in [0.1, 0.15) is 39.3 Å². The molecule has 0 aliphatic carbocycles. The summed E-state index contributed by atoms with van der Waals surface area (Å²) in [5.41, 5.74) is 6.43. The van der Waals surface area contributed by atoms with Crippen molar-refractivity contribution in [2.45, 2.75) is 51.5 Å². The Morgan fingerprint density at radius 1 is 0.809 bits per heavy atom. The molecule has 0 saturated carbocycles. The number of aryl methyl sites for hydroxylation is 3. The van der Waals surface area contributed by atoms with Gasteiger partial charge in [0, 0.05) is 27.2 Å². The molecule has 1 N–H and O–H groups in total. The minimum absolute atomic E-state index is 0.133. The predicted octanol–water partition coefficient (Wildman–Crippen LogP) is 5.79. The lowest BCUT2D eigenvalue weighted by molar-refractivity contribution is -0.153. The molecular formula is C33H36F3N3O6S2. The Balaban J connectivity index is 1.55. The largest absolute Gasteiger partial charge is 0.455 e. The van der Waals surface area contributed by atoms with Gasteiger partial charge < -0.3 is 4.42 Å². The third-order valence-electron chi connectivity index (χ3n) is 7.47. The number of halogens is 3. The fourth-order valence-electron chi connectivity index (χ4n) is 5.14. The maximum atomic E-state index is 13.2. The molecule has 0 bridgehead atoms. The number of amides is 1. The number of hydrogen-bond donors (Lipinski definition) is 1. The van der Waals surface area contributed by atoms with E-state index in [2.05, 4.69) is 12.1 Å². The lowest BCUT2D eigenvalue weighted by Gasteiger charge is -2.24. The van der Waals surface area contributed by atoms with Gasteiger partial charge in [-0.3, -0.25) is 9.69 Å². The Hall–Kier alpha value is -3.98. The summed E-state index contributed by atoms with van der Waals surface area (Å²) in [4.78, 5) is 14.0. The number of sulfone groups is 1. The Labute approximate surface area is 273 Å². The number of carbonyl (C=O) groups is 1. The number of rotatable bonds is 12. The SMILES string of the molecule is Cc1cc(C)c(CN(Cc2ccc(-c3cccc(S(=O)(=O)CC(=O)NS(=O)(=O)N(C)C)c3)cc2)Cc2ccc(C(F)(F)F)o2)c(C)c1.